The molecule has 0 bridgehead atoms. The molecule has 0 radical (unpaired) electrons. The third-order valence-electron chi connectivity index (χ3n) is 17.1. The molecule has 9 rings (SSSR count). The summed E-state index contributed by atoms with van der Waals surface area (Å²) in [7, 11) is 1.61. The van der Waals surface area contributed by atoms with E-state index in [0.717, 1.165) is 66.8 Å². The van der Waals surface area contributed by atoms with Gasteiger partial charge in [-0.3, -0.25) is 33.8 Å². The van der Waals surface area contributed by atoms with Crippen LogP contribution in [-0.2, 0) is 51.8 Å². The number of β-amino-alcohol motifs (C(OH)–C–C–N with tert-alkyl or cyclic N) is 1. The van der Waals surface area contributed by atoms with Gasteiger partial charge in [0.05, 0.1) is 19.3 Å². The molecule has 5 aliphatic heterocycles. The fraction of sp³-hybridized carbons (Fsp3) is 0.525. The lowest BCUT2D eigenvalue weighted by atomic mass is 9.80. The first kappa shape index (κ1) is 60.1. The summed E-state index contributed by atoms with van der Waals surface area (Å²) in [5.41, 5.74) is 3.93. The highest BCUT2D eigenvalue weighted by Crippen LogP contribution is 2.45. The number of rotatable bonds is 21. The summed E-state index contributed by atoms with van der Waals surface area (Å²) in [6.45, 7) is 14.8. The van der Waals surface area contributed by atoms with E-state index < -0.39 is 83.0 Å². The molecule has 8 atom stereocenters. The maximum atomic E-state index is 15.0. The fourth-order valence-corrected chi connectivity index (χ4v) is 12.3. The quantitative estimate of drug-likeness (QED) is 0.0437. The summed E-state index contributed by atoms with van der Waals surface area (Å²) >= 11 is 0. The molecule has 5 heterocycles. The number of amides is 5. The van der Waals surface area contributed by atoms with Crippen molar-refractivity contribution in [3.8, 4) is 0 Å². The molecule has 3 fully saturated rings. The molecule has 2 unspecified atom stereocenters. The van der Waals surface area contributed by atoms with Gasteiger partial charge in [-0.25, -0.2) is 13.2 Å². The first-order valence-corrected chi connectivity index (χ1v) is 28.8. The van der Waals surface area contributed by atoms with Crippen LogP contribution in [0, 0.1) is 23.4 Å². The minimum absolute atomic E-state index is 0.0902. The maximum Gasteiger partial charge on any atom is 0.252 e. The highest BCUT2D eigenvalue weighted by atomic mass is 19.1. The number of piperazine rings is 1. The number of carbonyl (C=O) groups is 5. The average molecular weight is 1140 g/mol. The number of ether oxygens (including phenoxy) is 2. The Morgan fingerprint density at radius 1 is 0.878 bits per heavy atom. The van der Waals surface area contributed by atoms with E-state index in [1.165, 1.54) is 23.1 Å². The van der Waals surface area contributed by atoms with Gasteiger partial charge < -0.3 is 56.3 Å². The number of carbonyl (C=O) groups excluding carboxylic acids is 5. The van der Waals surface area contributed by atoms with Crippen LogP contribution >= 0.6 is 0 Å². The number of aliphatic hydroxyl groups is 1. The van der Waals surface area contributed by atoms with Crippen molar-refractivity contribution in [3.63, 3.8) is 0 Å². The number of anilines is 3. The lowest BCUT2D eigenvalue weighted by Crippen LogP contribution is -2.62. The molecule has 5 aliphatic rings. The lowest BCUT2D eigenvalue weighted by molar-refractivity contribution is -0.144. The first-order valence-electron chi connectivity index (χ1n) is 28.8. The topological polar surface area (TPSA) is 209 Å². The molecular weight excluding hydrogens is 1060 g/mol. The zero-order chi connectivity index (χ0) is 58.2. The number of morpholine rings is 1. The van der Waals surface area contributed by atoms with Gasteiger partial charge in [0.1, 0.15) is 47.9 Å². The summed E-state index contributed by atoms with van der Waals surface area (Å²) < 4.78 is 55.1. The van der Waals surface area contributed by atoms with Gasteiger partial charge >= 0.3 is 0 Å². The molecule has 4 aromatic carbocycles. The number of likely N-dealkylation sites (N-methyl/N-ethyl adjacent to an activating group) is 1. The standard InChI is InChI=1S/C61H79F3N10O8/c1-37-31-72(46(30-67-37)33-71-22-25-82-35-38(71)2)34-54(77)74-36-61(4,48-17-12-41(27-51(48)74)26-40-10-14-44(62)15-11-40)20-7-21-66-52(75)29-53(76)68-45-16-13-43-32-73(57(47(43)28-45)59(79)70-56-49(63)8-6-9-50(56)64)60(80)55(42-18-23-81-24-19-42)69-58(78)39(3)65-5/h6,8-17,27-28,37-39,42,46,54-55,57,65,67,77H,7,18-26,29-36H2,1-5H3,(H,66,75)(H,68,76)(H,69,78)(H,70,79)/t37-,38-,39+,46-,54?,55+,57+,61?/m1/s1. The number of para-hydroxylation sites is 1. The van der Waals surface area contributed by atoms with Crippen molar-refractivity contribution in [1.82, 2.24) is 36.0 Å². The molecular formula is C61H79F3N10O8. The molecule has 18 nitrogen and oxygen atoms in total. The Balaban J connectivity index is 0.854. The maximum absolute atomic E-state index is 15.0. The Hall–Kier alpha value is -6.46. The van der Waals surface area contributed by atoms with Crippen molar-refractivity contribution in [1.29, 1.82) is 0 Å². The van der Waals surface area contributed by atoms with E-state index in [1.807, 2.05) is 0 Å². The second kappa shape index (κ2) is 26.8. The third-order valence-corrected chi connectivity index (χ3v) is 17.1. The van der Waals surface area contributed by atoms with E-state index in [0.29, 0.717) is 83.2 Å². The number of aliphatic hydroxyl groups excluding tert-OH is 1. The third kappa shape index (κ3) is 14.3. The Morgan fingerprint density at radius 2 is 1.62 bits per heavy atom. The zero-order valence-corrected chi connectivity index (χ0v) is 47.6. The summed E-state index contributed by atoms with van der Waals surface area (Å²) in [4.78, 5) is 77.5. The van der Waals surface area contributed by atoms with Crippen LogP contribution in [0.1, 0.15) is 93.7 Å². The number of hydrogen-bond acceptors (Lipinski definition) is 13. The van der Waals surface area contributed by atoms with Crippen LogP contribution < -0.4 is 36.8 Å². The van der Waals surface area contributed by atoms with Crippen LogP contribution in [-0.4, -0.2) is 165 Å². The molecule has 0 aliphatic carbocycles. The first-order chi connectivity index (χ1) is 39.4. The van der Waals surface area contributed by atoms with Crippen LogP contribution in [0.15, 0.2) is 78.9 Å². The molecule has 7 N–H and O–H groups in total. The van der Waals surface area contributed by atoms with Gasteiger partial charge in [-0.15, -0.1) is 0 Å². The van der Waals surface area contributed by atoms with Crippen molar-refractivity contribution in [2.45, 2.75) is 121 Å². The summed E-state index contributed by atoms with van der Waals surface area (Å²) in [5.74, 6) is -5.76. The molecule has 82 heavy (non-hydrogen) atoms. The predicted octanol–water partition coefficient (Wildman–Crippen LogP) is 4.94. The largest absolute Gasteiger partial charge is 0.381 e. The lowest BCUT2D eigenvalue weighted by Gasteiger charge is -2.45. The Bertz CT molecular complexity index is 2910. The number of fused-ring (bicyclic) bond motifs is 2. The van der Waals surface area contributed by atoms with Gasteiger partial charge in [0.15, 0.2) is 0 Å². The smallest absolute Gasteiger partial charge is 0.252 e. The van der Waals surface area contributed by atoms with Crippen molar-refractivity contribution in [3.05, 3.63) is 124 Å². The van der Waals surface area contributed by atoms with E-state index in [-0.39, 0.29) is 48.2 Å². The van der Waals surface area contributed by atoms with Crippen molar-refractivity contribution < 1.29 is 51.7 Å². The summed E-state index contributed by atoms with van der Waals surface area (Å²) in [6.07, 6.45) is 1.37. The molecule has 0 spiro atoms. The van der Waals surface area contributed by atoms with E-state index in [2.05, 4.69) is 85.6 Å². The number of benzene rings is 4. The van der Waals surface area contributed by atoms with Crippen LogP contribution in [0.4, 0.5) is 30.2 Å². The highest BCUT2D eigenvalue weighted by Gasteiger charge is 2.45. The van der Waals surface area contributed by atoms with Gasteiger partial charge in [-0.1, -0.05) is 43.3 Å². The molecule has 21 heteroatoms. The minimum atomic E-state index is -1.44. The Kier molecular flexibility index (Phi) is 19.7. The molecule has 0 aromatic heterocycles. The molecule has 442 valence electrons. The van der Waals surface area contributed by atoms with Gasteiger partial charge in [-0.2, -0.15) is 0 Å². The monoisotopic (exact) mass is 1140 g/mol. The average Bonchev–Trinajstić information content (AvgIpc) is 3.17. The van der Waals surface area contributed by atoms with E-state index in [4.69, 9.17) is 9.47 Å². The van der Waals surface area contributed by atoms with Gasteiger partial charge in [0.2, 0.25) is 23.6 Å². The predicted molar refractivity (Wildman–Crippen MR) is 305 cm³/mol. The highest BCUT2D eigenvalue weighted by molar-refractivity contribution is 6.04. The fourth-order valence-electron chi connectivity index (χ4n) is 12.3. The minimum Gasteiger partial charge on any atom is -0.381 e. The molecule has 3 saturated heterocycles. The van der Waals surface area contributed by atoms with E-state index in [1.54, 1.807) is 38.2 Å². The van der Waals surface area contributed by atoms with E-state index >= 15 is 0 Å². The van der Waals surface area contributed by atoms with Crippen molar-refractivity contribution in [2.24, 2.45) is 5.92 Å². The molecule has 4 aromatic rings. The normalized spacial score (nSPS) is 23.3. The van der Waals surface area contributed by atoms with E-state index in [9.17, 15) is 42.3 Å². The molecule has 5 amide bonds. The van der Waals surface area contributed by atoms with Gasteiger partial charge in [0.25, 0.3) is 5.91 Å². The Labute approximate surface area is 478 Å². The number of halogens is 3. The van der Waals surface area contributed by atoms with Crippen LogP contribution in [0.5, 0.6) is 0 Å². The molecule has 0 saturated carbocycles. The number of nitrogens with zero attached hydrogens (tertiary/aromatic N) is 4. The summed E-state index contributed by atoms with van der Waals surface area (Å²) in [6, 6.07) is 18.3. The Morgan fingerprint density at radius 3 is 2.35 bits per heavy atom. The SMILES string of the molecule is CN[C@@H](C)C(=O)N[C@H](C(=O)N1Cc2ccc(NC(=O)CC(=O)NCCCC3(C)CN(C(O)CN4C[C@@H](C)NC[C@@H]4CN4CCOC[C@H]4C)c4cc(Cc5ccc(F)cc5)ccc43)cc2[C@H]1C(=O)Nc1c(F)cccc1F)C1CCOCC1. The summed E-state index contributed by atoms with van der Waals surface area (Å²) in [5, 5.41) is 29.7. The van der Waals surface area contributed by atoms with Crippen LogP contribution in [0.25, 0.3) is 0 Å². The van der Waals surface area contributed by atoms with Crippen LogP contribution in [0.3, 0.4) is 0 Å². The van der Waals surface area contributed by atoms with Crippen molar-refractivity contribution >= 4 is 46.6 Å². The van der Waals surface area contributed by atoms with Crippen LogP contribution in [0.2, 0.25) is 0 Å². The second-order valence-corrected chi connectivity index (χ2v) is 23.2. The van der Waals surface area contributed by atoms with Gasteiger partial charge in [-0.05, 0) is 136 Å². The number of nitrogens with one attached hydrogen (secondary N) is 6. The van der Waals surface area contributed by atoms with Crippen molar-refractivity contribution in [2.75, 3.05) is 94.8 Å². The number of hydrogen-bond donors (Lipinski definition) is 7. The second-order valence-electron chi connectivity index (χ2n) is 23.2. The van der Waals surface area contributed by atoms with Gasteiger partial charge in [0, 0.05) is 100 Å². The zero-order valence-electron chi connectivity index (χ0n) is 47.6.